The van der Waals surface area contributed by atoms with E-state index in [0.29, 0.717) is 17.9 Å². The highest BCUT2D eigenvalue weighted by Crippen LogP contribution is 2.32. The molecule has 3 aromatic rings. The molecular formula is C25H26FN3O7S. The minimum Gasteiger partial charge on any atom is -0.504 e. The van der Waals surface area contributed by atoms with Gasteiger partial charge in [0, 0.05) is 6.07 Å². The number of amides is 1. The highest BCUT2D eigenvalue weighted by molar-refractivity contribution is 7.92. The first-order chi connectivity index (χ1) is 17.7. The quantitative estimate of drug-likeness (QED) is 0.287. The van der Waals surface area contributed by atoms with Crippen LogP contribution >= 0.6 is 0 Å². The van der Waals surface area contributed by atoms with Crippen molar-refractivity contribution in [2.24, 2.45) is 5.10 Å². The Labute approximate surface area is 213 Å². The van der Waals surface area contributed by atoms with Gasteiger partial charge in [-0.15, -0.1) is 0 Å². The van der Waals surface area contributed by atoms with Crippen LogP contribution in [0.15, 0.2) is 70.7 Å². The topological polar surface area (TPSA) is 127 Å². The van der Waals surface area contributed by atoms with Gasteiger partial charge in [-0.2, -0.15) is 5.10 Å². The number of sulfonamides is 1. The molecule has 0 saturated heterocycles. The number of phenolic OH excluding ortho intramolecular Hbond substituents is 1. The molecule has 0 atom stereocenters. The number of hydrogen-bond acceptors (Lipinski definition) is 8. The maximum Gasteiger partial charge on any atom is 0.264 e. The average molecular weight is 532 g/mol. The normalized spacial score (nSPS) is 11.2. The number of anilines is 1. The molecule has 0 bridgehead atoms. The molecule has 12 heteroatoms. The summed E-state index contributed by atoms with van der Waals surface area (Å²) in [4.78, 5) is 12.5. The first-order valence-corrected chi connectivity index (χ1v) is 12.4. The molecule has 0 radical (unpaired) electrons. The van der Waals surface area contributed by atoms with Crippen molar-refractivity contribution in [1.82, 2.24) is 5.43 Å². The Bertz CT molecular complexity index is 1380. The Kier molecular flexibility index (Phi) is 8.90. The van der Waals surface area contributed by atoms with E-state index in [2.05, 4.69) is 10.5 Å². The van der Waals surface area contributed by atoms with Gasteiger partial charge in [0.15, 0.2) is 23.0 Å². The fourth-order valence-electron chi connectivity index (χ4n) is 3.25. The van der Waals surface area contributed by atoms with Crippen LogP contribution in [0.2, 0.25) is 0 Å². The zero-order valence-corrected chi connectivity index (χ0v) is 21.2. The fraction of sp³-hybridized carbons (Fsp3) is 0.200. The van der Waals surface area contributed by atoms with Gasteiger partial charge >= 0.3 is 0 Å². The van der Waals surface area contributed by atoms with Crippen LogP contribution in [0.25, 0.3) is 0 Å². The summed E-state index contributed by atoms with van der Waals surface area (Å²) in [6.07, 6.45) is 1.31. The summed E-state index contributed by atoms with van der Waals surface area (Å²) < 4.78 is 57.1. The second-order valence-electron chi connectivity index (χ2n) is 7.46. The van der Waals surface area contributed by atoms with Crippen molar-refractivity contribution >= 4 is 27.8 Å². The zero-order valence-electron chi connectivity index (χ0n) is 20.3. The fourth-order valence-corrected chi connectivity index (χ4v) is 4.69. The summed E-state index contributed by atoms with van der Waals surface area (Å²) in [5.74, 6) is -0.616. The van der Waals surface area contributed by atoms with E-state index in [4.69, 9.17) is 14.2 Å². The van der Waals surface area contributed by atoms with Crippen LogP contribution in [0.4, 0.5) is 10.1 Å². The molecule has 1 amide bonds. The van der Waals surface area contributed by atoms with Crippen LogP contribution in [0.1, 0.15) is 12.5 Å². The van der Waals surface area contributed by atoms with Crippen LogP contribution in [0.5, 0.6) is 23.0 Å². The molecule has 0 heterocycles. The number of hydrazone groups is 1. The molecule has 0 aliphatic rings. The maximum absolute atomic E-state index is 13.5. The van der Waals surface area contributed by atoms with Gasteiger partial charge < -0.3 is 19.3 Å². The lowest BCUT2D eigenvalue weighted by Gasteiger charge is -2.24. The smallest absolute Gasteiger partial charge is 0.264 e. The largest absolute Gasteiger partial charge is 0.504 e. The number of carbonyl (C=O) groups is 1. The molecular weight excluding hydrogens is 505 g/mol. The minimum absolute atomic E-state index is 0.0432. The van der Waals surface area contributed by atoms with Gasteiger partial charge in [0.25, 0.3) is 15.9 Å². The number of nitrogens with one attached hydrogen (secondary N) is 1. The first-order valence-electron chi connectivity index (χ1n) is 11.0. The van der Waals surface area contributed by atoms with E-state index in [1.165, 1.54) is 62.9 Å². The van der Waals surface area contributed by atoms with Crippen LogP contribution in [-0.2, 0) is 14.8 Å². The molecule has 0 aromatic heterocycles. The van der Waals surface area contributed by atoms with Gasteiger partial charge in [0.05, 0.1) is 37.6 Å². The number of methoxy groups -OCH3 is 2. The second kappa shape index (κ2) is 12.1. The Morgan fingerprint density at radius 3 is 2.38 bits per heavy atom. The van der Waals surface area contributed by atoms with E-state index < -0.39 is 28.3 Å². The number of nitrogens with zero attached hydrogens (tertiary/aromatic N) is 2. The standard InChI is InChI=1S/C25H26FN3O7S/c1-4-36-23-13-17(5-11-21(23)30)15-27-28-25(31)16-29(19-8-6-18(26)7-9-19)37(32,33)20-10-12-22(34-2)24(14-20)35-3/h5-15,30H,4,16H2,1-3H3,(H,28,31)/b27-15-. The Morgan fingerprint density at radius 1 is 1.03 bits per heavy atom. The molecule has 3 rings (SSSR count). The van der Waals surface area contributed by atoms with Crippen molar-refractivity contribution in [2.45, 2.75) is 11.8 Å². The molecule has 0 spiro atoms. The molecule has 196 valence electrons. The first kappa shape index (κ1) is 27.3. The van der Waals surface area contributed by atoms with Gasteiger partial charge in [0.1, 0.15) is 12.4 Å². The molecule has 10 nitrogen and oxygen atoms in total. The highest BCUT2D eigenvalue weighted by Gasteiger charge is 2.28. The van der Waals surface area contributed by atoms with Crippen LogP contribution in [0, 0.1) is 5.82 Å². The number of benzene rings is 3. The average Bonchev–Trinajstić information content (AvgIpc) is 2.89. The molecule has 0 aliphatic carbocycles. The van der Waals surface area contributed by atoms with Crippen molar-refractivity contribution < 1.29 is 36.9 Å². The van der Waals surface area contributed by atoms with E-state index in [0.717, 1.165) is 16.4 Å². The number of carbonyl (C=O) groups excluding carboxylic acids is 1. The highest BCUT2D eigenvalue weighted by atomic mass is 32.2. The summed E-state index contributed by atoms with van der Waals surface area (Å²) in [6.45, 7) is 1.46. The van der Waals surface area contributed by atoms with Gasteiger partial charge in [-0.05, 0) is 67.1 Å². The van der Waals surface area contributed by atoms with Crippen molar-refractivity contribution in [1.29, 1.82) is 0 Å². The third-order valence-electron chi connectivity index (χ3n) is 5.03. The number of aromatic hydroxyl groups is 1. The van der Waals surface area contributed by atoms with Gasteiger partial charge in [-0.1, -0.05) is 0 Å². The van der Waals surface area contributed by atoms with E-state index in [-0.39, 0.29) is 27.8 Å². The van der Waals surface area contributed by atoms with Gasteiger partial charge in [-0.3, -0.25) is 9.10 Å². The van der Waals surface area contributed by atoms with Crippen molar-refractivity contribution in [3.05, 3.63) is 72.0 Å². The Morgan fingerprint density at radius 2 is 1.73 bits per heavy atom. The van der Waals surface area contributed by atoms with E-state index in [1.807, 2.05) is 0 Å². The lowest BCUT2D eigenvalue weighted by molar-refractivity contribution is -0.119. The summed E-state index contributed by atoms with van der Waals surface area (Å²) in [5, 5.41) is 13.7. The predicted molar refractivity (Wildman–Crippen MR) is 135 cm³/mol. The summed E-state index contributed by atoms with van der Waals surface area (Å²) in [7, 11) is -1.52. The van der Waals surface area contributed by atoms with E-state index >= 15 is 0 Å². The third-order valence-corrected chi connectivity index (χ3v) is 6.80. The maximum atomic E-state index is 13.5. The number of phenols is 1. The van der Waals surface area contributed by atoms with Crippen LogP contribution in [-0.4, -0.2) is 53.0 Å². The van der Waals surface area contributed by atoms with Crippen molar-refractivity contribution in [3.8, 4) is 23.0 Å². The van der Waals surface area contributed by atoms with Gasteiger partial charge in [0.2, 0.25) is 0 Å². The monoisotopic (exact) mass is 531 g/mol. The number of hydrogen-bond donors (Lipinski definition) is 2. The molecule has 0 aliphatic heterocycles. The van der Waals surface area contributed by atoms with Gasteiger partial charge in [-0.25, -0.2) is 18.2 Å². The minimum atomic E-state index is -4.30. The molecule has 0 fully saturated rings. The number of ether oxygens (including phenoxy) is 3. The zero-order chi connectivity index (χ0) is 27.0. The summed E-state index contributed by atoms with van der Waals surface area (Å²) in [5.41, 5.74) is 2.86. The lowest BCUT2D eigenvalue weighted by Crippen LogP contribution is -2.39. The Balaban J connectivity index is 1.86. The second-order valence-corrected chi connectivity index (χ2v) is 9.32. The van der Waals surface area contributed by atoms with E-state index in [9.17, 15) is 22.7 Å². The molecule has 3 aromatic carbocycles. The number of rotatable bonds is 11. The summed E-state index contributed by atoms with van der Waals surface area (Å²) >= 11 is 0. The van der Waals surface area contributed by atoms with Crippen molar-refractivity contribution in [2.75, 3.05) is 31.7 Å². The molecule has 37 heavy (non-hydrogen) atoms. The van der Waals surface area contributed by atoms with Crippen molar-refractivity contribution in [3.63, 3.8) is 0 Å². The molecule has 0 saturated carbocycles. The van der Waals surface area contributed by atoms with Crippen LogP contribution in [0.3, 0.4) is 0 Å². The summed E-state index contributed by atoms with van der Waals surface area (Å²) in [6, 6.07) is 13.2. The Hall–Kier alpha value is -4.32. The molecule has 2 N–H and O–H groups in total. The van der Waals surface area contributed by atoms with E-state index in [1.54, 1.807) is 13.0 Å². The third kappa shape index (κ3) is 6.67. The SMILES string of the molecule is CCOc1cc(/C=N\NC(=O)CN(c2ccc(F)cc2)S(=O)(=O)c2ccc(OC)c(OC)c2)ccc1O. The predicted octanol–water partition coefficient (Wildman–Crippen LogP) is 3.29. The molecule has 0 unspecified atom stereocenters. The lowest BCUT2D eigenvalue weighted by atomic mass is 10.2. The van der Waals surface area contributed by atoms with Crippen LogP contribution < -0.4 is 23.9 Å². The number of halogens is 1.